The molecule has 1 aromatic carbocycles. The topological polar surface area (TPSA) is 51.2 Å². The van der Waals surface area contributed by atoms with Crippen molar-refractivity contribution in [1.82, 2.24) is 0 Å². The van der Waals surface area contributed by atoms with Gasteiger partial charge in [0.15, 0.2) is 15.6 Å². The van der Waals surface area contributed by atoms with Gasteiger partial charge < -0.3 is 0 Å². The summed E-state index contributed by atoms with van der Waals surface area (Å²) in [6.45, 7) is 3.52. The third-order valence-corrected chi connectivity index (χ3v) is 4.17. The molecule has 0 heterocycles. The van der Waals surface area contributed by atoms with Gasteiger partial charge in [-0.15, -0.1) is 0 Å². The van der Waals surface area contributed by atoms with Crippen LogP contribution >= 0.6 is 0 Å². The highest BCUT2D eigenvalue weighted by Crippen LogP contribution is 2.16. The summed E-state index contributed by atoms with van der Waals surface area (Å²) >= 11 is 0. The third-order valence-electron chi connectivity index (χ3n) is 2.59. The van der Waals surface area contributed by atoms with E-state index in [-0.39, 0.29) is 5.78 Å². The van der Waals surface area contributed by atoms with Gasteiger partial charge in [-0.1, -0.05) is 31.2 Å². The number of ketones is 1. The lowest BCUT2D eigenvalue weighted by molar-refractivity contribution is 0.0985. The average molecular weight is 240 g/mol. The molecule has 0 saturated heterocycles. The Morgan fingerprint density at radius 2 is 1.88 bits per heavy atom. The van der Waals surface area contributed by atoms with E-state index in [2.05, 4.69) is 0 Å². The number of rotatable bonds is 4. The minimum Gasteiger partial charge on any atom is -0.293 e. The van der Waals surface area contributed by atoms with E-state index >= 15 is 0 Å². The highest BCUT2D eigenvalue weighted by molar-refractivity contribution is 7.92. The molecule has 1 unspecified atom stereocenters. The number of aryl methyl sites for hydroxylation is 1. The van der Waals surface area contributed by atoms with E-state index in [4.69, 9.17) is 0 Å². The fourth-order valence-electron chi connectivity index (χ4n) is 1.71. The van der Waals surface area contributed by atoms with Gasteiger partial charge in [0, 0.05) is 11.8 Å². The first-order chi connectivity index (χ1) is 7.38. The molecule has 0 bridgehead atoms. The van der Waals surface area contributed by atoms with Gasteiger partial charge >= 0.3 is 0 Å². The van der Waals surface area contributed by atoms with Crippen molar-refractivity contribution in [2.45, 2.75) is 25.5 Å². The molecule has 0 aliphatic heterocycles. The molecule has 0 fully saturated rings. The Morgan fingerprint density at radius 3 is 2.31 bits per heavy atom. The van der Waals surface area contributed by atoms with Crippen LogP contribution in [0.3, 0.4) is 0 Å². The summed E-state index contributed by atoms with van der Waals surface area (Å²) in [7, 11) is -3.33. The molecule has 1 atom stereocenters. The third kappa shape index (κ3) is 2.70. The van der Waals surface area contributed by atoms with Crippen molar-refractivity contribution in [1.29, 1.82) is 0 Å². The van der Waals surface area contributed by atoms with Crippen LogP contribution in [0.15, 0.2) is 24.3 Å². The lowest BCUT2D eigenvalue weighted by Gasteiger charge is -2.13. The van der Waals surface area contributed by atoms with Crippen LogP contribution in [0.2, 0.25) is 0 Å². The predicted molar refractivity (Wildman–Crippen MR) is 64.4 cm³/mol. The van der Waals surface area contributed by atoms with Gasteiger partial charge in [0.25, 0.3) is 0 Å². The van der Waals surface area contributed by atoms with Crippen LogP contribution in [0.4, 0.5) is 0 Å². The van der Waals surface area contributed by atoms with E-state index in [1.807, 2.05) is 19.1 Å². The van der Waals surface area contributed by atoms with Gasteiger partial charge in [0.2, 0.25) is 0 Å². The van der Waals surface area contributed by atoms with Gasteiger partial charge in [0.05, 0.1) is 0 Å². The number of Topliss-reactive ketones (excluding diaryl/α,β-unsaturated/α-hetero) is 1. The Bertz CT molecular complexity index is 489. The van der Waals surface area contributed by atoms with Gasteiger partial charge in [0.1, 0.15) is 5.25 Å². The quantitative estimate of drug-likeness (QED) is 0.756. The SMILES string of the molecule is CCC(C(=O)c1ccccc1C)S(C)(=O)=O. The lowest BCUT2D eigenvalue weighted by atomic mass is 10.0. The van der Waals surface area contributed by atoms with E-state index in [9.17, 15) is 13.2 Å². The maximum atomic E-state index is 12.1. The van der Waals surface area contributed by atoms with Crippen LogP contribution in [0, 0.1) is 6.92 Å². The Morgan fingerprint density at radius 1 is 1.31 bits per heavy atom. The summed E-state index contributed by atoms with van der Waals surface area (Å²) in [5, 5.41) is -0.923. The number of hydrogen-bond donors (Lipinski definition) is 0. The smallest absolute Gasteiger partial charge is 0.181 e. The first-order valence-electron chi connectivity index (χ1n) is 5.16. The van der Waals surface area contributed by atoms with Crippen molar-refractivity contribution in [2.75, 3.05) is 6.26 Å². The molecule has 4 heteroatoms. The summed E-state index contributed by atoms with van der Waals surface area (Å²) in [5.41, 5.74) is 1.31. The fraction of sp³-hybridized carbons (Fsp3) is 0.417. The van der Waals surface area contributed by atoms with Crippen LogP contribution in [-0.2, 0) is 9.84 Å². The standard InChI is InChI=1S/C12H16O3S/c1-4-11(16(3,14)15)12(13)10-8-6-5-7-9(10)2/h5-8,11H,4H2,1-3H3. The number of carbonyl (C=O) groups is 1. The second-order valence-electron chi connectivity index (χ2n) is 3.91. The highest BCUT2D eigenvalue weighted by Gasteiger charge is 2.28. The zero-order chi connectivity index (χ0) is 12.3. The Hall–Kier alpha value is -1.16. The fourth-order valence-corrected chi connectivity index (χ4v) is 2.83. The summed E-state index contributed by atoms with van der Waals surface area (Å²) in [5.74, 6) is -0.303. The van der Waals surface area contributed by atoms with Crippen LogP contribution in [0.5, 0.6) is 0 Å². The molecule has 0 N–H and O–H groups in total. The van der Waals surface area contributed by atoms with Crippen molar-refractivity contribution < 1.29 is 13.2 Å². The molecule has 1 aromatic rings. The van der Waals surface area contributed by atoms with Crippen LogP contribution in [0.1, 0.15) is 29.3 Å². The van der Waals surface area contributed by atoms with E-state index in [0.29, 0.717) is 12.0 Å². The number of hydrogen-bond acceptors (Lipinski definition) is 3. The molecule has 0 radical (unpaired) electrons. The van der Waals surface area contributed by atoms with E-state index in [1.54, 1.807) is 19.1 Å². The minimum atomic E-state index is -3.33. The van der Waals surface area contributed by atoms with Crippen molar-refractivity contribution >= 4 is 15.6 Å². The van der Waals surface area contributed by atoms with Gasteiger partial charge in [-0.05, 0) is 18.9 Å². The molecule has 0 aliphatic carbocycles. The van der Waals surface area contributed by atoms with Crippen molar-refractivity contribution in [3.05, 3.63) is 35.4 Å². The predicted octanol–water partition coefficient (Wildman–Crippen LogP) is 2.00. The monoisotopic (exact) mass is 240 g/mol. The molecule has 88 valence electrons. The Balaban J connectivity index is 3.16. The normalized spacial score (nSPS) is 13.4. The molecular weight excluding hydrogens is 224 g/mol. The molecule has 0 spiro atoms. The average Bonchev–Trinajstić information content (AvgIpc) is 2.17. The molecule has 0 amide bonds. The minimum absolute atomic E-state index is 0.303. The molecule has 16 heavy (non-hydrogen) atoms. The van der Waals surface area contributed by atoms with E-state index < -0.39 is 15.1 Å². The zero-order valence-electron chi connectivity index (χ0n) is 9.73. The van der Waals surface area contributed by atoms with Crippen molar-refractivity contribution in [3.63, 3.8) is 0 Å². The van der Waals surface area contributed by atoms with Crippen molar-refractivity contribution in [2.24, 2.45) is 0 Å². The molecule has 0 saturated carbocycles. The highest BCUT2D eigenvalue weighted by atomic mass is 32.2. The van der Waals surface area contributed by atoms with Crippen molar-refractivity contribution in [3.8, 4) is 0 Å². The first kappa shape index (κ1) is 12.9. The van der Waals surface area contributed by atoms with Gasteiger partial charge in [-0.2, -0.15) is 0 Å². The maximum Gasteiger partial charge on any atom is 0.181 e. The van der Waals surface area contributed by atoms with Gasteiger partial charge in [-0.3, -0.25) is 4.79 Å². The summed E-state index contributed by atoms with van der Waals surface area (Å²) < 4.78 is 22.9. The largest absolute Gasteiger partial charge is 0.293 e. The molecule has 3 nitrogen and oxygen atoms in total. The summed E-state index contributed by atoms with van der Waals surface area (Å²) in [6, 6.07) is 7.05. The second-order valence-corrected chi connectivity index (χ2v) is 6.13. The lowest BCUT2D eigenvalue weighted by Crippen LogP contribution is -2.29. The number of sulfone groups is 1. The molecule has 1 rings (SSSR count). The van der Waals surface area contributed by atoms with Crippen LogP contribution in [-0.4, -0.2) is 25.7 Å². The van der Waals surface area contributed by atoms with E-state index in [0.717, 1.165) is 11.8 Å². The zero-order valence-corrected chi connectivity index (χ0v) is 10.5. The first-order valence-corrected chi connectivity index (χ1v) is 7.12. The van der Waals surface area contributed by atoms with E-state index in [1.165, 1.54) is 0 Å². The molecule has 0 aromatic heterocycles. The molecule has 0 aliphatic rings. The summed E-state index contributed by atoms with van der Waals surface area (Å²) in [6.07, 6.45) is 1.42. The van der Waals surface area contributed by atoms with Crippen LogP contribution in [0.25, 0.3) is 0 Å². The summed E-state index contributed by atoms with van der Waals surface area (Å²) in [4.78, 5) is 12.1. The van der Waals surface area contributed by atoms with Gasteiger partial charge in [-0.25, -0.2) is 8.42 Å². The second kappa shape index (κ2) is 4.78. The maximum absolute atomic E-state index is 12.1. The number of carbonyl (C=O) groups excluding carboxylic acids is 1. The van der Waals surface area contributed by atoms with Crippen LogP contribution < -0.4 is 0 Å². The Kier molecular flexibility index (Phi) is 3.86. The molecular formula is C12H16O3S. The number of benzene rings is 1. The Labute approximate surface area is 96.4 Å².